The first-order valence-electron chi connectivity index (χ1n) is 6.93. The fourth-order valence-electron chi connectivity index (χ4n) is 2.01. The van der Waals surface area contributed by atoms with Crippen molar-refractivity contribution in [2.45, 2.75) is 50.8 Å². The zero-order valence-electron chi connectivity index (χ0n) is 13.0. The molecule has 1 aliphatic heterocycles. The molecule has 0 aromatic rings. The van der Waals surface area contributed by atoms with Crippen LogP contribution in [-0.2, 0) is 10.0 Å². The van der Waals surface area contributed by atoms with Crippen LogP contribution in [0.5, 0.6) is 0 Å². The fraction of sp³-hybridized carbons (Fsp3) is 0.917. The Morgan fingerprint density at radius 2 is 1.85 bits per heavy atom. The monoisotopic (exact) mass is 322 g/mol. The van der Waals surface area contributed by atoms with Crippen molar-refractivity contribution in [3.8, 4) is 0 Å². The molecule has 1 rings (SSSR count). The van der Waals surface area contributed by atoms with Gasteiger partial charge in [0.15, 0.2) is 0 Å². The van der Waals surface area contributed by atoms with Gasteiger partial charge >= 0.3 is 6.09 Å². The molecule has 0 radical (unpaired) electrons. The zero-order valence-corrected chi connectivity index (χ0v) is 14.8. The Kier molecular flexibility index (Phi) is 5.26. The van der Waals surface area contributed by atoms with Crippen molar-refractivity contribution in [3.63, 3.8) is 0 Å². The molecule has 1 aliphatic rings. The molecular formula is C12H26N2O4SSi. The highest BCUT2D eigenvalue weighted by Gasteiger charge is 2.41. The summed E-state index contributed by atoms with van der Waals surface area (Å²) < 4.78 is 25.3. The minimum absolute atomic E-state index is 0.197. The molecule has 0 saturated carbocycles. The Bertz CT molecular complexity index is 453. The van der Waals surface area contributed by atoms with Crippen molar-refractivity contribution < 1.29 is 18.3 Å². The third-order valence-electron chi connectivity index (χ3n) is 3.57. The van der Waals surface area contributed by atoms with Crippen molar-refractivity contribution >= 4 is 24.2 Å². The molecule has 1 N–H and O–H groups in total. The summed E-state index contributed by atoms with van der Waals surface area (Å²) in [7, 11) is -4.56. The summed E-state index contributed by atoms with van der Waals surface area (Å²) in [6.07, 6.45) is -0.949. The topological polar surface area (TPSA) is 77.9 Å². The smallest absolute Gasteiger partial charge is 0.407 e. The molecule has 0 unspecified atom stereocenters. The summed E-state index contributed by atoms with van der Waals surface area (Å²) in [6, 6.07) is 0.699. The Balaban J connectivity index is 2.60. The average molecular weight is 323 g/mol. The van der Waals surface area contributed by atoms with E-state index < -0.39 is 29.4 Å². The van der Waals surface area contributed by atoms with Crippen LogP contribution in [0, 0.1) is 0 Å². The van der Waals surface area contributed by atoms with Crippen molar-refractivity contribution in [3.05, 3.63) is 0 Å². The Labute approximate surface area is 122 Å². The summed E-state index contributed by atoms with van der Waals surface area (Å²) in [5.41, 5.74) is 0. The predicted molar refractivity (Wildman–Crippen MR) is 82.3 cm³/mol. The van der Waals surface area contributed by atoms with Crippen LogP contribution in [0.15, 0.2) is 0 Å². The standard InChI is InChI=1S/C12H26N2O4SSi/c1-10(2)19(17,18)13-8-11(9-13)14(12(15)16)6-7-20(3,4)5/h10-11H,6-9H2,1-5H3,(H,15,16). The summed E-state index contributed by atoms with van der Waals surface area (Å²) in [6.45, 7) is 11.0. The molecule has 1 amide bonds. The van der Waals surface area contributed by atoms with Gasteiger partial charge in [-0.1, -0.05) is 19.6 Å². The largest absolute Gasteiger partial charge is 0.465 e. The molecule has 1 heterocycles. The first kappa shape index (κ1) is 17.4. The van der Waals surface area contributed by atoms with E-state index in [9.17, 15) is 18.3 Å². The Hall–Kier alpha value is -0.603. The van der Waals surface area contributed by atoms with Gasteiger partial charge in [0.2, 0.25) is 10.0 Å². The van der Waals surface area contributed by atoms with E-state index in [1.54, 1.807) is 13.8 Å². The Morgan fingerprint density at radius 1 is 1.35 bits per heavy atom. The minimum Gasteiger partial charge on any atom is -0.465 e. The molecule has 1 saturated heterocycles. The van der Waals surface area contributed by atoms with Gasteiger partial charge in [-0.3, -0.25) is 0 Å². The number of carboxylic acid groups (broad SMARTS) is 1. The molecule has 0 spiro atoms. The van der Waals surface area contributed by atoms with E-state index in [-0.39, 0.29) is 6.04 Å². The normalized spacial score (nSPS) is 18.1. The van der Waals surface area contributed by atoms with Gasteiger partial charge in [-0.25, -0.2) is 13.2 Å². The molecule has 1 fully saturated rings. The Morgan fingerprint density at radius 3 is 2.20 bits per heavy atom. The lowest BCUT2D eigenvalue weighted by molar-refractivity contribution is 0.0790. The highest BCUT2D eigenvalue weighted by atomic mass is 32.2. The van der Waals surface area contributed by atoms with Crippen LogP contribution >= 0.6 is 0 Å². The summed E-state index contributed by atoms with van der Waals surface area (Å²) in [5, 5.41) is 8.82. The summed E-state index contributed by atoms with van der Waals surface area (Å²) in [4.78, 5) is 12.7. The molecular weight excluding hydrogens is 296 g/mol. The lowest BCUT2D eigenvalue weighted by atomic mass is 10.1. The first-order chi connectivity index (χ1) is 8.95. The lowest BCUT2D eigenvalue weighted by Crippen LogP contribution is -2.63. The first-order valence-corrected chi connectivity index (χ1v) is 12.1. The minimum atomic E-state index is -3.25. The van der Waals surface area contributed by atoms with E-state index in [4.69, 9.17) is 0 Å². The highest BCUT2D eigenvalue weighted by molar-refractivity contribution is 7.89. The van der Waals surface area contributed by atoms with Crippen molar-refractivity contribution in [1.29, 1.82) is 0 Å². The third-order valence-corrected chi connectivity index (χ3v) is 7.51. The maximum absolute atomic E-state index is 11.9. The molecule has 118 valence electrons. The van der Waals surface area contributed by atoms with Crippen molar-refractivity contribution in [2.24, 2.45) is 0 Å². The number of carbonyl (C=O) groups is 1. The quantitative estimate of drug-likeness (QED) is 0.755. The summed E-state index contributed by atoms with van der Waals surface area (Å²) in [5.74, 6) is 0. The van der Waals surface area contributed by atoms with Gasteiger partial charge in [0.05, 0.1) is 11.3 Å². The number of rotatable bonds is 6. The van der Waals surface area contributed by atoms with Crippen molar-refractivity contribution in [2.75, 3.05) is 19.6 Å². The van der Waals surface area contributed by atoms with Gasteiger partial charge < -0.3 is 10.0 Å². The van der Waals surface area contributed by atoms with Crippen LogP contribution < -0.4 is 0 Å². The van der Waals surface area contributed by atoms with E-state index in [1.807, 2.05) is 0 Å². The van der Waals surface area contributed by atoms with E-state index in [0.717, 1.165) is 6.04 Å². The molecule has 20 heavy (non-hydrogen) atoms. The zero-order chi connectivity index (χ0) is 15.7. The van der Waals surface area contributed by atoms with E-state index in [1.165, 1.54) is 9.21 Å². The van der Waals surface area contributed by atoms with E-state index in [0.29, 0.717) is 19.6 Å². The second-order valence-corrected chi connectivity index (χ2v) is 15.0. The molecule has 0 aromatic heterocycles. The second kappa shape index (κ2) is 6.03. The van der Waals surface area contributed by atoms with Crippen LogP contribution in [0.4, 0.5) is 4.79 Å². The average Bonchev–Trinajstić information content (AvgIpc) is 2.17. The number of hydrogen-bond acceptors (Lipinski definition) is 3. The number of nitrogens with zero attached hydrogens (tertiary/aromatic N) is 2. The van der Waals surface area contributed by atoms with Gasteiger partial charge in [-0.2, -0.15) is 4.31 Å². The van der Waals surface area contributed by atoms with Crippen LogP contribution in [-0.4, -0.2) is 67.8 Å². The molecule has 6 nitrogen and oxygen atoms in total. The van der Waals surface area contributed by atoms with Crippen LogP contribution in [0.1, 0.15) is 13.8 Å². The van der Waals surface area contributed by atoms with Crippen molar-refractivity contribution in [1.82, 2.24) is 9.21 Å². The number of amides is 1. The predicted octanol–water partition coefficient (Wildman–Crippen LogP) is 1.73. The lowest BCUT2D eigenvalue weighted by Gasteiger charge is -2.44. The molecule has 0 aliphatic carbocycles. The molecule has 0 atom stereocenters. The molecule has 0 aromatic carbocycles. The number of hydrogen-bond donors (Lipinski definition) is 1. The van der Waals surface area contributed by atoms with Gasteiger partial charge in [0.1, 0.15) is 0 Å². The second-order valence-electron chi connectivity index (χ2n) is 6.85. The van der Waals surface area contributed by atoms with Crippen LogP contribution in [0.25, 0.3) is 0 Å². The maximum atomic E-state index is 11.9. The van der Waals surface area contributed by atoms with Gasteiger partial charge in [-0.15, -0.1) is 0 Å². The van der Waals surface area contributed by atoms with E-state index in [2.05, 4.69) is 19.6 Å². The molecule has 0 bridgehead atoms. The maximum Gasteiger partial charge on any atom is 0.407 e. The highest BCUT2D eigenvalue weighted by Crippen LogP contribution is 2.23. The number of sulfonamides is 1. The summed E-state index contributed by atoms with van der Waals surface area (Å²) >= 11 is 0. The van der Waals surface area contributed by atoms with Crippen LogP contribution in [0.2, 0.25) is 25.7 Å². The van der Waals surface area contributed by atoms with Gasteiger partial charge in [0, 0.05) is 27.7 Å². The van der Waals surface area contributed by atoms with Gasteiger partial charge in [0.25, 0.3) is 0 Å². The third kappa shape index (κ3) is 4.19. The fourth-order valence-corrected chi connectivity index (χ4v) is 4.28. The van der Waals surface area contributed by atoms with Gasteiger partial charge in [-0.05, 0) is 19.9 Å². The van der Waals surface area contributed by atoms with E-state index >= 15 is 0 Å². The SMILES string of the molecule is CC(C)S(=O)(=O)N1CC(N(CC[Si](C)(C)C)C(=O)O)C1. The molecule has 8 heteroatoms. The van der Waals surface area contributed by atoms with Crippen LogP contribution in [0.3, 0.4) is 0 Å².